The third-order valence-corrected chi connectivity index (χ3v) is 12.9. The molecule has 1 aliphatic heterocycles. The number of fused-ring (bicyclic) bond motifs is 2. The minimum atomic E-state index is -0.210. The molecule has 0 saturated heterocycles. The Morgan fingerprint density at radius 2 is 1.13 bits per heavy atom. The molecule has 0 saturated carbocycles. The molecule has 0 fully saturated rings. The van der Waals surface area contributed by atoms with Crippen LogP contribution in [-0.2, 0) is 5.41 Å². The van der Waals surface area contributed by atoms with E-state index in [1.54, 1.807) is 0 Å². The number of nitrogens with zero attached hydrogens (tertiary/aromatic N) is 5. The number of benzene rings is 8. The number of pyridine rings is 1. The summed E-state index contributed by atoms with van der Waals surface area (Å²) in [5.74, 6) is 2.36. The van der Waals surface area contributed by atoms with Crippen molar-refractivity contribution in [3.8, 4) is 45.1 Å². The van der Waals surface area contributed by atoms with Crippen molar-refractivity contribution in [3.63, 3.8) is 0 Å². The van der Waals surface area contributed by atoms with Crippen LogP contribution in [0.25, 0.3) is 44.7 Å². The van der Waals surface area contributed by atoms with E-state index >= 15 is 0 Å². The first-order chi connectivity index (χ1) is 32.7. The maximum atomic E-state index is 7.03. The van der Waals surface area contributed by atoms with Crippen molar-refractivity contribution in [1.82, 2.24) is 9.55 Å². The second-order valence-corrected chi connectivity index (χ2v) is 18.4. The van der Waals surface area contributed by atoms with Crippen molar-refractivity contribution >= 4 is 46.4 Å². The standard InChI is InChI=1S/C60H50BN5O/c1-42-21-17-22-43(2)57(42)61-65(47-27-13-8-14-28-47)56-35-20-36-62-59(56)66(61)49-37-46(60(3,4)5)38-51(40-49)67-50-30-18-29-48(39-50)63-41-64(55-34-16-15-33-54(55)63)58-52(44-23-9-6-10-24-44)31-19-32-53(58)45-25-11-7-12-26-45/h6-40H,1-5H3. The molecule has 67 heavy (non-hydrogen) atoms. The van der Waals surface area contributed by atoms with E-state index in [-0.39, 0.29) is 12.4 Å². The Morgan fingerprint density at radius 1 is 0.537 bits per heavy atom. The van der Waals surface area contributed by atoms with Crippen LogP contribution in [0.1, 0.15) is 37.5 Å². The molecule has 1 aliphatic rings. The number of ether oxygens (including phenoxy) is 1. The van der Waals surface area contributed by atoms with E-state index in [2.05, 4.69) is 254 Å². The number of imidazole rings is 1. The van der Waals surface area contributed by atoms with Crippen LogP contribution in [-0.4, -0.2) is 16.5 Å². The van der Waals surface area contributed by atoms with E-state index in [1.165, 1.54) is 16.6 Å². The van der Waals surface area contributed by atoms with Gasteiger partial charge in [-0.25, -0.2) is 4.98 Å². The molecule has 324 valence electrons. The van der Waals surface area contributed by atoms with Gasteiger partial charge in [0, 0.05) is 23.6 Å². The quantitative estimate of drug-likeness (QED) is 0.0823. The van der Waals surface area contributed by atoms with Gasteiger partial charge in [0.15, 0.2) is 0 Å². The summed E-state index contributed by atoms with van der Waals surface area (Å²) in [6.07, 6.45) is 5.72. The Morgan fingerprint density at radius 3 is 1.82 bits per heavy atom. The summed E-state index contributed by atoms with van der Waals surface area (Å²) in [4.78, 5) is 9.93. The van der Waals surface area contributed by atoms with E-state index in [1.807, 2.05) is 18.3 Å². The van der Waals surface area contributed by atoms with Gasteiger partial charge in [0.2, 0.25) is 0 Å². The minimum Gasteiger partial charge on any atom is -0.458 e. The predicted molar refractivity (Wildman–Crippen MR) is 276 cm³/mol. The number of aromatic nitrogens is 3. The van der Waals surface area contributed by atoms with Gasteiger partial charge in [-0.05, 0) is 107 Å². The number of hydrogen-bond donors (Lipinski definition) is 0. The third kappa shape index (κ3) is 7.62. The van der Waals surface area contributed by atoms with Crippen LogP contribution in [0.5, 0.6) is 11.5 Å². The molecule has 0 N–H and O–H groups in total. The van der Waals surface area contributed by atoms with Gasteiger partial charge < -0.3 is 14.4 Å². The molecule has 2 aromatic heterocycles. The fourth-order valence-corrected chi connectivity index (χ4v) is 9.69. The normalized spacial score (nSPS) is 12.5. The van der Waals surface area contributed by atoms with Crippen LogP contribution in [0.3, 0.4) is 0 Å². The molecular weight excluding hydrogens is 818 g/mol. The van der Waals surface area contributed by atoms with Crippen molar-refractivity contribution in [2.75, 3.05) is 9.62 Å². The molecule has 10 aromatic rings. The monoisotopic (exact) mass is 867 g/mol. The second kappa shape index (κ2) is 17.0. The number of para-hydroxylation sites is 4. The Hall–Kier alpha value is -8.16. The van der Waals surface area contributed by atoms with Crippen molar-refractivity contribution < 1.29 is 9.30 Å². The highest BCUT2D eigenvalue weighted by molar-refractivity contribution is 6.85. The fraction of sp³-hybridized carbons (Fsp3) is 0.100. The number of anilines is 4. The average Bonchev–Trinajstić information content (AvgIpc) is 3.91. The zero-order valence-electron chi connectivity index (χ0n) is 38.4. The van der Waals surface area contributed by atoms with Crippen LogP contribution in [0, 0.1) is 20.2 Å². The Labute approximate surface area is 393 Å². The lowest BCUT2D eigenvalue weighted by Gasteiger charge is -2.32. The summed E-state index contributed by atoms with van der Waals surface area (Å²) >= 11 is 0. The lowest BCUT2D eigenvalue weighted by atomic mass is 9.61. The summed E-state index contributed by atoms with van der Waals surface area (Å²) in [5, 5.41) is 0. The topological polar surface area (TPSA) is 37.4 Å². The van der Waals surface area contributed by atoms with Crippen LogP contribution in [0.15, 0.2) is 212 Å². The van der Waals surface area contributed by atoms with Gasteiger partial charge >= 0.3 is 6.98 Å². The lowest BCUT2D eigenvalue weighted by molar-refractivity contribution is -0.571. The largest absolute Gasteiger partial charge is 0.458 e. The molecule has 7 heteroatoms. The molecular formula is C60H50BN5O. The maximum absolute atomic E-state index is 7.03. The van der Waals surface area contributed by atoms with Gasteiger partial charge in [-0.3, -0.25) is 9.13 Å². The van der Waals surface area contributed by atoms with Gasteiger partial charge in [0.1, 0.15) is 17.3 Å². The molecule has 8 aromatic carbocycles. The van der Waals surface area contributed by atoms with Gasteiger partial charge in [-0.1, -0.05) is 177 Å². The maximum Gasteiger partial charge on any atom is 0.422 e. The molecule has 0 aliphatic carbocycles. The van der Waals surface area contributed by atoms with E-state index < -0.39 is 0 Å². The fourth-order valence-electron chi connectivity index (χ4n) is 9.69. The summed E-state index contributed by atoms with van der Waals surface area (Å²) < 4.78 is 11.4. The van der Waals surface area contributed by atoms with E-state index in [9.17, 15) is 0 Å². The smallest absolute Gasteiger partial charge is 0.422 e. The third-order valence-electron chi connectivity index (χ3n) is 12.9. The molecule has 0 amide bonds. The number of rotatable bonds is 9. The molecule has 0 spiro atoms. The zero-order chi connectivity index (χ0) is 45.6. The van der Waals surface area contributed by atoms with Crippen molar-refractivity contribution in [3.05, 3.63) is 235 Å². The number of aryl methyl sites for hydroxylation is 2. The van der Waals surface area contributed by atoms with Crippen molar-refractivity contribution in [2.24, 2.45) is 0 Å². The van der Waals surface area contributed by atoms with Crippen LogP contribution < -0.4 is 24.4 Å². The molecule has 0 bridgehead atoms. The average molecular weight is 868 g/mol. The first-order valence-electron chi connectivity index (χ1n) is 23.0. The molecule has 0 radical (unpaired) electrons. The summed E-state index contributed by atoms with van der Waals surface area (Å²) in [6.45, 7) is 11.0. The SMILES string of the molecule is Cc1cccc(C)c1B1N(c2ccccc2)c2cccnc2N1c1cc(Oc2cccc(-n3[c-][n+](-c4c(-c5ccccc5)cccc4-c4ccccc4)c4ccccc43)c2)cc(C(C)(C)C)c1. The molecule has 6 nitrogen and oxygen atoms in total. The summed E-state index contributed by atoms with van der Waals surface area (Å²) in [7, 11) is 0. The zero-order valence-corrected chi connectivity index (χ0v) is 38.4. The van der Waals surface area contributed by atoms with Crippen LogP contribution in [0.2, 0.25) is 0 Å². The highest BCUT2D eigenvalue weighted by Gasteiger charge is 2.46. The van der Waals surface area contributed by atoms with Crippen LogP contribution >= 0.6 is 0 Å². The Balaban J connectivity index is 1.04. The summed E-state index contributed by atoms with van der Waals surface area (Å²) in [6, 6.07) is 72.8. The molecule has 0 atom stereocenters. The van der Waals surface area contributed by atoms with Gasteiger partial charge in [0.25, 0.3) is 6.33 Å². The lowest BCUT2D eigenvalue weighted by Crippen LogP contribution is -2.55. The molecule has 11 rings (SSSR count). The van der Waals surface area contributed by atoms with E-state index in [0.29, 0.717) is 0 Å². The van der Waals surface area contributed by atoms with Gasteiger partial charge in [-0.2, -0.15) is 0 Å². The van der Waals surface area contributed by atoms with Gasteiger partial charge in [0.05, 0.1) is 28.1 Å². The first kappa shape index (κ1) is 41.5. The number of hydrogen-bond acceptors (Lipinski definition) is 4. The minimum absolute atomic E-state index is 0.183. The molecule has 3 heterocycles. The van der Waals surface area contributed by atoms with E-state index in [4.69, 9.17) is 9.72 Å². The Kier molecular flexibility index (Phi) is 10.5. The Bertz CT molecular complexity index is 3340. The van der Waals surface area contributed by atoms with Crippen molar-refractivity contribution in [2.45, 2.75) is 40.0 Å². The van der Waals surface area contributed by atoms with Gasteiger partial charge in [-0.15, -0.1) is 0 Å². The predicted octanol–water partition coefficient (Wildman–Crippen LogP) is 13.8. The first-order valence-corrected chi connectivity index (χ1v) is 23.0. The van der Waals surface area contributed by atoms with E-state index in [0.717, 1.165) is 84.6 Å². The van der Waals surface area contributed by atoms with Crippen molar-refractivity contribution in [1.29, 1.82) is 0 Å². The highest BCUT2D eigenvalue weighted by atomic mass is 16.5. The summed E-state index contributed by atoms with van der Waals surface area (Å²) in [5.41, 5.74) is 16.4. The second-order valence-electron chi connectivity index (χ2n) is 18.4. The van der Waals surface area contributed by atoms with Crippen LogP contribution in [0.4, 0.5) is 22.9 Å². The molecule has 0 unspecified atom stereocenters. The highest BCUT2D eigenvalue weighted by Crippen LogP contribution is 2.47.